The second-order valence-electron chi connectivity index (χ2n) is 7.26. The van der Waals surface area contributed by atoms with Gasteiger partial charge in [-0.1, -0.05) is 42.0 Å². The number of rotatable bonds is 9. The summed E-state index contributed by atoms with van der Waals surface area (Å²) in [5, 5.41) is 6.65. The molecule has 0 saturated heterocycles. The van der Waals surface area contributed by atoms with Crippen molar-refractivity contribution in [3.63, 3.8) is 0 Å². The SMILES string of the molecule is COCC(Cc1ccc(C)cc1)Nc1ccccc1NCc1cc(F)c(F)c(F)c1. The van der Waals surface area contributed by atoms with E-state index in [2.05, 4.69) is 41.8 Å². The topological polar surface area (TPSA) is 33.3 Å². The van der Waals surface area contributed by atoms with Crippen LogP contribution in [0.4, 0.5) is 24.5 Å². The van der Waals surface area contributed by atoms with E-state index in [-0.39, 0.29) is 12.6 Å². The molecule has 0 radical (unpaired) electrons. The van der Waals surface area contributed by atoms with Gasteiger partial charge in [-0.25, -0.2) is 13.2 Å². The number of benzene rings is 3. The third kappa shape index (κ3) is 5.76. The molecule has 0 heterocycles. The summed E-state index contributed by atoms with van der Waals surface area (Å²) < 4.78 is 45.5. The molecule has 3 aromatic carbocycles. The molecule has 3 aromatic rings. The molecule has 0 spiro atoms. The van der Waals surface area contributed by atoms with Gasteiger partial charge in [0, 0.05) is 13.7 Å². The Morgan fingerprint density at radius 1 is 0.867 bits per heavy atom. The Balaban J connectivity index is 1.72. The van der Waals surface area contributed by atoms with Crippen molar-refractivity contribution in [1.29, 1.82) is 0 Å². The van der Waals surface area contributed by atoms with Gasteiger partial charge in [-0.15, -0.1) is 0 Å². The fourth-order valence-corrected chi connectivity index (χ4v) is 3.25. The third-order valence-corrected chi connectivity index (χ3v) is 4.78. The Kier molecular flexibility index (Phi) is 7.36. The van der Waals surface area contributed by atoms with E-state index in [0.29, 0.717) is 12.2 Å². The molecular weight excluding hydrogens is 389 g/mol. The van der Waals surface area contributed by atoms with Crippen molar-refractivity contribution in [2.24, 2.45) is 0 Å². The molecule has 30 heavy (non-hydrogen) atoms. The van der Waals surface area contributed by atoms with Gasteiger partial charge in [0.1, 0.15) is 0 Å². The van der Waals surface area contributed by atoms with Gasteiger partial charge in [-0.2, -0.15) is 0 Å². The van der Waals surface area contributed by atoms with E-state index in [1.165, 1.54) is 11.1 Å². The minimum absolute atomic E-state index is 0.0290. The standard InChI is InChI=1S/C24H25F3N2O/c1-16-7-9-17(10-8-16)11-19(15-30-2)29-23-6-4-3-5-22(23)28-14-18-12-20(25)24(27)21(26)13-18/h3-10,12-13,19,28-29H,11,14-15H2,1-2H3. The molecule has 0 aliphatic heterocycles. The predicted molar refractivity (Wildman–Crippen MR) is 114 cm³/mol. The van der Waals surface area contributed by atoms with Crippen molar-refractivity contribution < 1.29 is 17.9 Å². The molecule has 0 aromatic heterocycles. The lowest BCUT2D eigenvalue weighted by Gasteiger charge is -2.22. The maximum absolute atomic E-state index is 13.5. The van der Waals surface area contributed by atoms with E-state index < -0.39 is 17.5 Å². The number of ether oxygens (including phenoxy) is 1. The number of methoxy groups -OCH3 is 1. The Morgan fingerprint density at radius 3 is 2.13 bits per heavy atom. The lowest BCUT2D eigenvalue weighted by Crippen LogP contribution is -2.28. The number of halogens is 3. The molecule has 6 heteroatoms. The maximum atomic E-state index is 13.5. The van der Waals surface area contributed by atoms with Crippen LogP contribution in [0.2, 0.25) is 0 Å². The van der Waals surface area contributed by atoms with Crippen molar-refractivity contribution in [2.75, 3.05) is 24.4 Å². The van der Waals surface area contributed by atoms with Gasteiger partial charge in [-0.3, -0.25) is 0 Å². The van der Waals surface area contributed by atoms with Crippen molar-refractivity contribution in [2.45, 2.75) is 25.9 Å². The first-order chi connectivity index (χ1) is 14.5. The summed E-state index contributed by atoms with van der Waals surface area (Å²) in [5.74, 6) is -3.85. The first kappa shape index (κ1) is 21.7. The molecule has 3 rings (SSSR count). The fraction of sp³-hybridized carbons (Fsp3) is 0.250. The second-order valence-corrected chi connectivity index (χ2v) is 7.26. The van der Waals surface area contributed by atoms with Crippen LogP contribution < -0.4 is 10.6 Å². The zero-order valence-corrected chi connectivity index (χ0v) is 17.0. The Hall–Kier alpha value is -2.99. The number of hydrogen-bond acceptors (Lipinski definition) is 3. The van der Waals surface area contributed by atoms with Crippen LogP contribution in [-0.2, 0) is 17.7 Å². The first-order valence-corrected chi connectivity index (χ1v) is 9.73. The Bertz CT molecular complexity index is 953. The minimum atomic E-state index is -1.46. The van der Waals surface area contributed by atoms with Gasteiger partial charge in [0.15, 0.2) is 17.5 Å². The largest absolute Gasteiger partial charge is 0.383 e. The van der Waals surface area contributed by atoms with Crippen molar-refractivity contribution in [1.82, 2.24) is 0 Å². The Morgan fingerprint density at radius 2 is 1.50 bits per heavy atom. The van der Waals surface area contributed by atoms with Crippen LogP contribution in [0.25, 0.3) is 0 Å². The molecule has 1 atom stereocenters. The summed E-state index contributed by atoms with van der Waals surface area (Å²) in [6.07, 6.45) is 0.775. The molecule has 3 nitrogen and oxygen atoms in total. The van der Waals surface area contributed by atoms with E-state index >= 15 is 0 Å². The molecule has 0 amide bonds. The predicted octanol–water partition coefficient (Wildman–Crippen LogP) is 5.69. The smallest absolute Gasteiger partial charge is 0.194 e. The van der Waals surface area contributed by atoms with Crippen LogP contribution in [-0.4, -0.2) is 19.8 Å². The number of aryl methyl sites for hydroxylation is 1. The van der Waals surface area contributed by atoms with Gasteiger partial charge in [0.2, 0.25) is 0 Å². The highest BCUT2D eigenvalue weighted by molar-refractivity contribution is 5.69. The minimum Gasteiger partial charge on any atom is -0.383 e. The van der Waals surface area contributed by atoms with Crippen LogP contribution >= 0.6 is 0 Å². The summed E-state index contributed by atoms with van der Waals surface area (Å²) in [6, 6.07) is 17.9. The lowest BCUT2D eigenvalue weighted by atomic mass is 10.0. The van der Waals surface area contributed by atoms with Crippen LogP contribution in [0.3, 0.4) is 0 Å². The number of nitrogens with one attached hydrogen (secondary N) is 2. The van der Waals surface area contributed by atoms with E-state index in [1.54, 1.807) is 7.11 Å². The van der Waals surface area contributed by atoms with E-state index in [4.69, 9.17) is 4.74 Å². The molecule has 0 saturated carbocycles. The number of anilines is 2. The maximum Gasteiger partial charge on any atom is 0.194 e. The van der Waals surface area contributed by atoms with Gasteiger partial charge >= 0.3 is 0 Å². The summed E-state index contributed by atoms with van der Waals surface area (Å²) in [7, 11) is 1.66. The van der Waals surface area contributed by atoms with Crippen molar-refractivity contribution >= 4 is 11.4 Å². The lowest BCUT2D eigenvalue weighted by molar-refractivity contribution is 0.185. The quantitative estimate of drug-likeness (QED) is 0.441. The molecule has 0 fully saturated rings. The van der Waals surface area contributed by atoms with Crippen molar-refractivity contribution in [3.8, 4) is 0 Å². The number of para-hydroxylation sites is 2. The van der Waals surface area contributed by atoms with Crippen LogP contribution in [0.15, 0.2) is 60.7 Å². The van der Waals surface area contributed by atoms with E-state index in [1.807, 2.05) is 24.3 Å². The van der Waals surface area contributed by atoms with Gasteiger partial charge in [0.25, 0.3) is 0 Å². The molecule has 0 aliphatic carbocycles. The molecule has 2 N–H and O–H groups in total. The van der Waals surface area contributed by atoms with Gasteiger partial charge in [-0.05, 0) is 48.7 Å². The zero-order chi connectivity index (χ0) is 21.5. The van der Waals surface area contributed by atoms with Gasteiger partial charge in [0.05, 0.1) is 24.0 Å². The van der Waals surface area contributed by atoms with E-state index in [0.717, 1.165) is 29.9 Å². The second kappa shape index (κ2) is 10.2. The average Bonchev–Trinajstić information content (AvgIpc) is 2.73. The normalized spacial score (nSPS) is 11.9. The highest BCUT2D eigenvalue weighted by Gasteiger charge is 2.13. The summed E-state index contributed by atoms with van der Waals surface area (Å²) in [4.78, 5) is 0. The van der Waals surface area contributed by atoms with Crippen LogP contribution in [0.1, 0.15) is 16.7 Å². The summed E-state index contributed by atoms with van der Waals surface area (Å²) in [5.41, 5.74) is 4.33. The fourth-order valence-electron chi connectivity index (χ4n) is 3.25. The molecule has 158 valence electrons. The van der Waals surface area contributed by atoms with E-state index in [9.17, 15) is 13.2 Å². The highest BCUT2D eigenvalue weighted by atomic mass is 19.2. The van der Waals surface area contributed by atoms with Gasteiger partial charge < -0.3 is 15.4 Å². The average molecular weight is 414 g/mol. The van der Waals surface area contributed by atoms with Crippen LogP contribution in [0, 0.1) is 24.4 Å². The zero-order valence-electron chi connectivity index (χ0n) is 17.0. The first-order valence-electron chi connectivity index (χ1n) is 9.73. The third-order valence-electron chi connectivity index (χ3n) is 4.78. The molecule has 0 bridgehead atoms. The molecular formula is C24H25F3N2O. The summed E-state index contributed by atoms with van der Waals surface area (Å²) in [6.45, 7) is 2.71. The summed E-state index contributed by atoms with van der Waals surface area (Å²) >= 11 is 0. The van der Waals surface area contributed by atoms with Crippen molar-refractivity contribution in [3.05, 3.63) is 94.8 Å². The Labute approximate surface area is 174 Å². The molecule has 0 aliphatic rings. The van der Waals surface area contributed by atoms with Crippen LogP contribution in [0.5, 0.6) is 0 Å². The monoisotopic (exact) mass is 414 g/mol. The molecule has 1 unspecified atom stereocenters. The number of hydrogen-bond donors (Lipinski definition) is 2. The highest BCUT2D eigenvalue weighted by Crippen LogP contribution is 2.24.